The van der Waals surface area contributed by atoms with Gasteiger partial charge in [0.1, 0.15) is 11.5 Å². The first-order chi connectivity index (χ1) is 9.22. The Balaban J connectivity index is 0.00000200. The fourth-order valence-corrected chi connectivity index (χ4v) is 2.04. The van der Waals surface area contributed by atoms with E-state index in [4.69, 9.17) is 21.1 Å². The van der Waals surface area contributed by atoms with Crippen molar-refractivity contribution in [1.82, 2.24) is 5.32 Å². The zero-order valence-corrected chi connectivity index (χ0v) is 12.8. The maximum absolute atomic E-state index is 9.11. The maximum atomic E-state index is 9.11. The lowest BCUT2D eigenvalue weighted by atomic mass is 10.2. The zero-order chi connectivity index (χ0) is 13.7. The van der Waals surface area contributed by atoms with Crippen LogP contribution in [0.1, 0.15) is 19.1 Å². The van der Waals surface area contributed by atoms with E-state index < -0.39 is 0 Å². The summed E-state index contributed by atoms with van der Waals surface area (Å²) in [7, 11) is 0. The van der Waals surface area contributed by atoms with Crippen molar-refractivity contribution in [3.05, 3.63) is 47.2 Å². The molecule has 5 heteroatoms. The van der Waals surface area contributed by atoms with Crippen LogP contribution in [0.15, 0.2) is 40.8 Å². The van der Waals surface area contributed by atoms with Crippen molar-refractivity contribution in [3.63, 3.8) is 0 Å². The van der Waals surface area contributed by atoms with Crippen molar-refractivity contribution in [2.45, 2.75) is 25.9 Å². The topological polar surface area (TPSA) is 45.4 Å². The molecule has 1 aromatic heterocycles. The predicted molar refractivity (Wildman–Crippen MR) is 77.2 cm³/mol. The zero-order valence-electron chi connectivity index (χ0n) is 11.3. The van der Waals surface area contributed by atoms with E-state index in [0.29, 0.717) is 11.6 Å². The maximum Gasteiger partial charge on any atom is 0.134 e. The van der Waals surface area contributed by atoms with E-state index in [1.807, 2.05) is 43.3 Å². The SMILES string of the molecule is CCC(CO)NCc1ccc(-c2cccc(Cl)c2)o1.[Cl-]. The first-order valence-corrected chi connectivity index (χ1v) is 6.79. The number of hydrogen-bond acceptors (Lipinski definition) is 3. The number of rotatable bonds is 6. The van der Waals surface area contributed by atoms with Crippen molar-refractivity contribution in [1.29, 1.82) is 0 Å². The number of furan rings is 1. The minimum absolute atomic E-state index is 0. The summed E-state index contributed by atoms with van der Waals surface area (Å²) in [6.07, 6.45) is 0.887. The predicted octanol–water partition coefficient (Wildman–Crippen LogP) is 0.464. The van der Waals surface area contributed by atoms with Crippen molar-refractivity contribution in [3.8, 4) is 11.3 Å². The van der Waals surface area contributed by atoms with Gasteiger partial charge in [-0.1, -0.05) is 30.7 Å². The molecule has 3 nitrogen and oxygen atoms in total. The first kappa shape index (κ1) is 17.1. The molecule has 2 N–H and O–H groups in total. The minimum atomic E-state index is 0. The van der Waals surface area contributed by atoms with Crippen LogP contribution < -0.4 is 17.7 Å². The number of aliphatic hydroxyl groups is 1. The van der Waals surface area contributed by atoms with Gasteiger partial charge in [0.15, 0.2) is 0 Å². The average Bonchev–Trinajstić information content (AvgIpc) is 2.89. The van der Waals surface area contributed by atoms with Crippen molar-refractivity contribution in [2.75, 3.05) is 6.61 Å². The Hall–Kier alpha value is -1.000. The van der Waals surface area contributed by atoms with E-state index in [2.05, 4.69) is 5.32 Å². The molecular weight excluding hydrogens is 297 g/mol. The van der Waals surface area contributed by atoms with Crippen LogP contribution >= 0.6 is 11.6 Å². The van der Waals surface area contributed by atoms with E-state index in [1.165, 1.54) is 0 Å². The van der Waals surface area contributed by atoms with Gasteiger partial charge in [-0.3, -0.25) is 0 Å². The van der Waals surface area contributed by atoms with Gasteiger partial charge in [0.2, 0.25) is 0 Å². The molecule has 0 aliphatic heterocycles. The average molecular weight is 315 g/mol. The largest absolute Gasteiger partial charge is 1.00 e. The first-order valence-electron chi connectivity index (χ1n) is 6.41. The Morgan fingerprint density at radius 2 is 2.10 bits per heavy atom. The van der Waals surface area contributed by atoms with Crippen LogP contribution in [-0.4, -0.2) is 17.8 Å². The highest BCUT2D eigenvalue weighted by Gasteiger charge is 2.08. The van der Waals surface area contributed by atoms with Crippen LogP contribution in [0.3, 0.4) is 0 Å². The monoisotopic (exact) mass is 314 g/mol. The van der Waals surface area contributed by atoms with Crippen molar-refractivity contribution >= 4 is 11.6 Å². The molecule has 0 saturated heterocycles. The number of halogens is 2. The highest BCUT2D eigenvalue weighted by atomic mass is 35.5. The molecule has 20 heavy (non-hydrogen) atoms. The van der Waals surface area contributed by atoms with Gasteiger partial charge >= 0.3 is 0 Å². The summed E-state index contributed by atoms with van der Waals surface area (Å²) in [6.45, 7) is 2.78. The van der Waals surface area contributed by atoms with E-state index in [1.54, 1.807) is 0 Å². The molecule has 0 fully saturated rings. The summed E-state index contributed by atoms with van der Waals surface area (Å²) in [5, 5.41) is 13.0. The van der Waals surface area contributed by atoms with E-state index in [0.717, 1.165) is 23.5 Å². The van der Waals surface area contributed by atoms with Crippen LogP contribution in [0.25, 0.3) is 11.3 Å². The Kier molecular flexibility index (Phi) is 7.10. The van der Waals surface area contributed by atoms with E-state index in [-0.39, 0.29) is 25.1 Å². The number of nitrogens with one attached hydrogen (secondary N) is 1. The van der Waals surface area contributed by atoms with Gasteiger partial charge in [-0.25, -0.2) is 0 Å². The Morgan fingerprint density at radius 1 is 1.30 bits per heavy atom. The Bertz CT molecular complexity index is 524. The molecule has 2 rings (SSSR count). The lowest BCUT2D eigenvalue weighted by Crippen LogP contribution is -3.00. The molecule has 0 spiro atoms. The van der Waals surface area contributed by atoms with Crippen LogP contribution in [0.2, 0.25) is 5.02 Å². The standard InChI is InChI=1S/C15H18ClNO2.ClH/c1-2-13(10-18)17-9-14-6-7-15(19-14)11-4-3-5-12(16)8-11;/h3-8,13,17-18H,2,9-10H2,1H3;1H/p-1. The molecule has 0 amide bonds. The molecular formula is C15H18Cl2NO2-. The second kappa shape index (κ2) is 8.32. The highest BCUT2D eigenvalue weighted by molar-refractivity contribution is 6.30. The normalized spacial score (nSPS) is 11.9. The number of hydrogen-bond donors (Lipinski definition) is 2. The summed E-state index contributed by atoms with van der Waals surface area (Å²) in [5.41, 5.74) is 0.966. The van der Waals surface area contributed by atoms with E-state index >= 15 is 0 Å². The second-order valence-corrected chi connectivity index (χ2v) is 4.88. The van der Waals surface area contributed by atoms with Gasteiger partial charge in [-0.05, 0) is 30.7 Å². The summed E-state index contributed by atoms with van der Waals surface area (Å²) in [6, 6.07) is 11.6. The summed E-state index contributed by atoms with van der Waals surface area (Å²) in [4.78, 5) is 0. The van der Waals surface area contributed by atoms with Gasteiger partial charge < -0.3 is 27.2 Å². The fourth-order valence-electron chi connectivity index (χ4n) is 1.85. The molecule has 0 radical (unpaired) electrons. The van der Waals surface area contributed by atoms with Crippen molar-refractivity contribution < 1.29 is 21.9 Å². The third-order valence-electron chi connectivity index (χ3n) is 3.05. The minimum Gasteiger partial charge on any atom is -1.00 e. The molecule has 110 valence electrons. The Labute approximate surface area is 130 Å². The van der Waals surface area contributed by atoms with Gasteiger partial charge in [0, 0.05) is 16.6 Å². The highest BCUT2D eigenvalue weighted by Crippen LogP contribution is 2.24. The van der Waals surface area contributed by atoms with Crippen LogP contribution in [0, 0.1) is 0 Å². The molecule has 0 bridgehead atoms. The molecule has 0 aliphatic carbocycles. The van der Waals surface area contributed by atoms with Gasteiger partial charge in [0.25, 0.3) is 0 Å². The quantitative estimate of drug-likeness (QED) is 0.814. The van der Waals surface area contributed by atoms with Crippen LogP contribution in [0.5, 0.6) is 0 Å². The molecule has 1 aromatic carbocycles. The molecule has 2 aromatic rings. The lowest BCUT2D eigenvalue weighted by Gasteiger charge is -2.12. The summed E-state index contributed by atoms with van der Waals surface area (Å²) in [5.74, 6) is 1.65. The third-order valence-corrected chi connectivity index (χ3v) is 3.28. The van der Waals surface area contributed by atoms with Crippen LogP contribution in [-0.2, 0) is 6.54 Å². The van der Waals surface area contributed by atoms with Gasteiger partial charge in [-0.15, -0.1) is 0 Å². The summed E-state index contributed by atoms with van der Waals surface area (Å²) < 4.78 is 5.76. The molecule has 1 heterocycles. The fraction of sp³-hybridized carbons (Fsp3) is 0.333. The van der Waals surface area contributed by atoms with E-state index in [9.17, 15) is 0 Å². The molecule has 0 aliphatic rings. The smallest absolute Gasteiger partial charge is 0.134 e. The van der Waals surface area contributed by atoms with Crippen LogP contribution in [0.4, 0.5) is 0 Å². The number of benzene rings is 1. The number of aliphatic hydroxyl groups excluding tert-OH is 1. The summed E-state index contributed by atoms with van der Waals surface area (Å²) >= 11 is 5.96. The van der Waals surface area contributed by atoms with Gasteiger partial charge in [-0.2, -0.15) is 0 Å². The Morgan fingerprint density at radius 3 is 2.75 bits per heavy atom. The molecule has 0 saturated carbocycles. The third kappa shape index (κ3) is 4.53. The second-order valence-electron chi connectivity index (χ2n) is 4.44. The molecule has 1 atom stereocenters. The van der Waals surface area contributed by atoms with Gasteiger partial charge in [0.05, 0.1) is 13.2 Å². The molecule has 1 unspecified atom stereocenters. The lowest BCUT2D eigenvalue weighted by molar-refractivity contribution is -0.00000542. The van der Waals surface area contributed by atoms with Crippen molar-refractivity contribution in [2.24, 2.45) is 0 Å².